The van der Waals surface area contributed by atoms with Crippen molar-refractivity contribution in [2.24, 2.45) is 0 Å². The molecule has 166 valence electrons. The molecule has 0 saturated heterocycles. The largest absolute Gasteiger partial charge is 0.487 e. The number of carboxylic acids is 1. The predicted octanol–water partition coefficient (Wildman–Crippen LogP) is 5.42. The maximum Gasteiger partial charge on any atom is 0.303 e. The number of carboxylic acid groups (broad SMARTS) is 1. The highest BCUT2D eigenvalue weighted by Crippen LogP contribution is 2.37. The summed E-state index contributed by atoms with van der Waals surface area (Å²) in [4.78, 5) is 13.1. The SMILES string of the molecule is O=C(O)CCc1ccc(COc2cccc3c2N(CCc2ccccc2)CCC3)cc1F. The molecule has 0 atom stereocenters. The molecular weight excluding hydrogens is 405 g/mol. The molecule has 0 spiro atoms. The van der Waals surface area contributed by atoms with Gasteiger partial charge in [-0.05, 0) is 60.1 Å². The third kappa shape index (κ3) is 5.47. The molecule has 0 saturated carbocycles. The minimum absolute atomic E-state index is 0.0816. The van der Waals surface area contributed by atoms with Crippen molar-refractivity contribution >= 4 is 11.7 Å². The van der Waals surface area contributed by atoms with Crippen LogP contribution in [-0.2, 0) is 30.7 Å². The van der Waals surface area contributed by atoms with Gasteiger partial charge in [0.05, 0.1) is 5.69 Å². The maximum absolute atomic E-state index is 14.4. The number of ether oxygens (including phenoxy) is 1. The number of aryl methyl sites for hydroxylation is 2. The van der Waals surface area contributed by atoms with Crippen LogP contribution in [0.25, 0.3) is 0 Å². The van der Waals surface area contributed by atoms with Crippen LogP contribution in [0.5, 0.6) is 5.75 Å². The first kappa shape index (κ1) is 21.9. The van der Waals surface area contributed by atoms with Gasteiger partial charge in [0.25, 0.3) is 0 Å². The lowest BCUT2D eigenvalue weighted by Gasteiger charge is -2.33. The van der Waals surface area contributed by atoms with Crippen molar-refractivity contribution in [2.75, 3.05) is 18.0 Å². The number of benzene rings is 3. The van der Waals surface area contributed by atoms with Crippen molar-refractivity contribution in [3.8, 4) is 5.75 Å². The molecular formula is C27H28FNO3. The quantitative estimate of drug-likeness (QED) is 0.490. The third-order valence-electron chi connectivity index (χ3n) is 5.91. The van der Waals surface area contributed by atoms with E-state index in [-0.39, 0.29) is 25.3 Å². The fourth-order valence-electron chi connectivity index (χ4n) is 4.24. The van der Waals surface area contributed by atoms with E-state index in [1.54, 1.807) is 6.07 Å². The molecule has 3 aromatic carbocycles. The molecule has 1 heterocycles. The second kappa shape index (κ2) is 10.3. The van der Waals surface area contributed by atoms with Crippen LogP contribution < -0.4 is 9.64 Å². The van der Waals surface area contributed by atoms with Crippen LogP contribution in [0.1, 0.15) is 35.1 Å². The summed E-state index contributed by atoms with van der Waals surface area (Å²) in [5.41, 5.74) is 4.90. The van der Waals surface area contributed by atoms with E-state index in [0.29, 0.717) is 5.56 Å². The fraction of sp³-hybridized carbons (Fsp3) is 0.296. The van der Waals surface area contributed by atoms with E-state index < -0.39 is 5.97 Å². The van der Waals surface area contributed by atoms with Gasteiger partial charge in [0.15, 0.2) is 0 Å². The first-order valence-corrected chi connectivity index (χ1v) is 11.1. The summed E-state index contributed by atoms with van der Waals surface area (Å²) in [6.07, 6.45) is 3.22. The Balaban J connectivity index is 1.45. The molecule has 5 heteroatoms. The van der Waals surface area contributed by atoms with E-state index in [4.69, 9.17) is 9.84 Å². The second-order valence-corrected chi connectivity index (χ2v) is 8.20. The molecule has 0 fully saturated rings. The van der Waals surface area contributed by atoms with Gasteiger partial charge in [-0.15, -0.1) is 0 Å². The smallest absolute Gasteiger partial charge is 0.303 e. The minimum atomic E-state index is -0.928. The zero-order valence-electron chi connectivity index (χ0n) is 18.1. The normalized spacial score (nSPS) is 13.0. The molecule has 0 aromatic heterocycles. The van der Waals surface area contributed by atoms with Crippen LogP contribution in [0.3, 0.4) is 0 Å². The van der Waals surface area contributed by atoms with Crippen molar-refractivity contribution in [2.45, 2.75) is 38.7 Å². The van der Waals surface area contributed by atoms with Crippen molar-refractivity contribution in [1.29, 1.82) is 0 Å². The molecule has 1 aliphatic heterocycles. The topological polar surface area (TPSA) is 49.8 Å². The van der Waals surface area contributed by atoms with Gasteiger partial charge in [-0.2, -0.15) is 0 Å². The standard InChI is InChI=1S/C27H28FNO3/c28-24-18-21(11-12-22(24)13-14-26(30)31)19-32-25-10-4-8-23-9-5-16-29(27(23)25)17-15-20-6-2-1-3-7-20/h1-4,6-8,10-12,18H,5,9,13-17,19H2,(H,30,31). The van der Waals surface area contributed by atoms with E-state index >= 15 is 0 Å². The van der Waals surface area contributed by atoms with Gasteiger partial charge in [-0.1, -0.05) is 54.6 Å². The average molecular weight is 434 g/mol. The molecule has 4 nitrogen and oxygen atoms in total. The number of para-hydroxylation sites is 1. The third-order valence-corrected chi connectivity index (χ3v) is 5.91. The summed E-state index contributed by atoms with van der Waals surface area (Å²) in [7, 11) is 0. The number of anilines is 1. The zero-order chi connectivity index (χ0) is 22.3. The Morgan fingerprint density at radius 3 is 2.62 bits per heavy atom. The Bertz CT molecular complexity index is 1070. The maximum atomic E-state index is 14.4. The van der Waals surface area contributed by atoms with Crippen LogP contribution in [0.4, 0.5) is 10.1 Å². The molecule has 0 radical (unpaired) electrons. The van der Waals surface area contributed by atoms with Gasteiger partial charge in [0.2, 0.25) is 0 Å². The summed E-state index contributed by atoms with van der Waals surface area (Å²) < 4.78 is 20.5. The number of rotatable bonds is 9. The fourth-order valence-corrected chi connectivity index (χ4v) is 4.24. The zero-order valence-corrected chi connectivity index (χ0v) is 18.1. The second-order valence-electron chi connectivity index (χ2n) is 8.20. The van der Waals surface area contributed by atoms with Gasteiger partial charge in [0.1, 0.15) is 18.2 Å². The first-order chi connectivity index (χ1) is 15.6. The Labute approximate surface area is 188 Å². The molecule has 0 bridgehead atoms. The van der Waals surface area contributed by atoms with Crippen LogP contribution in [0.2, 0.25) is 0 Å². The summed E-state index contributed by atoms with van der Waals surface area (Å²) in [5.74, 6) is -0.486. The van der Waals surface area contributed by atoms with Gasteiger partial charge in [0, 0.05) is 19.5 Å². The highest BCUT2D eigenvalue weighted by molar-refractivity contribution is 5.67. The lowest BCUT2D eigenvalue weighted by molar-refractivity contribution is -0.136. The monoisotopic (exact) mass is 433 g/mol. The number of nitrogens with zero attached hydrogens (tertiary/aromatic N) is 1. The number of fused-ring (bicyclic) bond motifs is 1. The van der Waals surface area contributed by atoms with E-state index in [9.17, 15) is 9.18 Å². The number of halogens is 1. The average Bonchev–Trinajstić information content (AvgIpc) is 2.81. The van der Waals surface area contributed by atoms with Gasteiger partial charge in [-0.3, -0.25) is 4.79 Å². The lowest BCUT2D eigenvalue weighted by atomic mass is 10.00. The van der Waals surface area contributed by atoms with Gasteiger partial charge >= 0.3 is 5.97 Å². The van der Waals surface area contributed by atoms with Gasteiger partial charge < -0.3 is 14.7 Å². The molecule has 4 rings (SSSR count). The summed E-state index contributed by atoms with van der Waals surface area (Å²) >= 11 is 0. The Hall–Kier alpha value is -3.34. The highest BCUT2D eigenvalue weighted by Gasteiger charge is 2.21. The van der Waals surface area contributed by atoms with E-state index in [2.05, 4.69) is 35.2 Å². The van der Waals surface area contributed by atoms with Crippen molar-refractivity contribution < 1.29 is 19.0 Å². The van der Waals surface area contributed by atoms with Crippen LogP contribution in [0.15, 0.2) is 66.7 Å². The van der Waals surface area contributed by atoms with Crippen molar-refractivity contribution in [3.63, 3.8) is 0 Å². The van der Waals surface area contributed by atoms with Gasteiger partial charge in [-0.25, -0.2) is 4.39 Å². The summed E-state index contributed by atoms with van der Waals surface area (Å²) in [6.45, 7) is 2.18. The lowest BCUT2D eigenvalue weighted by Crippen LogP contribution is -2.31. The Kier molecular flexibility index (Phi) is 7.05. The molecule has 0 amide bonds. The van der Waals surface area contributed by atoms with Crippen molar-refractivity contribution in [1.82, 2.24) is 0 Å². The Morgan fingerprint density at radius 1 is 1.00 bits per heavy atom. The molecule has 3 aromatic rings. The summed E-state index contributed by atoms with van der Waals surface area (Å²) in [5, 5.41) is 8.81. The van der Waals surface area contributed by atoms with Crippen LogP contribution >= 0.6 is 0 Å². The van der Waals surface area contributed by atoms with Crippen LogP contribution in [0, 0.1) is 5.82 Å². The predicted molar refractivity (Wildman–Crippen MR) is 124 cm³/mol. The Morgan fingerprint density at radius 2 is 1.84 bits per heavy atom. The number of carbonyl (C=O) groups is 1. The molecule has 32 heavy (non-hydrogen) atoms. The first-order valence-electron chi connectivity index (χ1n) is 11.1. The van der Waals surface area contributed by atoms with E-state index in [0.717, 1.165) is 49.4 Å². The van der Waals surface area contributed by atoms with E-state index in [1.807, 2.05) is 24.3 Å². The number of hydrogen-bond acceptors (Lipinski definition) is 3. The number of hydrogen-bond donors (Lipinski definition) is 1. The highest BCUT2D eigenvalue weighted by atomic mass is 19.1. The van der Waals surface area contributed by atoms with Crippen LogP contribution in [-0.4, -0.2) is 24.2 Å². The van der Waals surface area contributed by atoms with E-state index in [1.165, 1.54) is 17.2 Å². The molecule has 0 unspecified atom stereocenters. The molecule has 1 N–H and O–H groups in total. The summed E-state index contributed by atoms with van der Waals surface area (Å²) in [6, 6.07) is 21.6. The minimum Gasteiger partial charge on any atom is -0.487 e. The van der Waals surface area contributed by atoms with Crippen molar-refractivity contribution in [3.05, 3.63) is 94.8 Å². The molecule has 0 aliphatic carbocycles. The number of aliphatic carboxylic acids is 1. The molecule has 1 aliphatic rings.